The third kappa shape index (κ3) is 2.12. The lowest BCUT2D eigenvalue weighted by atomic mass is 9.99. The maximum atomic E-state index is 12.6. The van der Waals surface area contributed by atoms with E-state index >= 15 is 0 Å². The van der Waals surface area contributed by atoms with Gasteiger partial charge in [-0.3, -0.25) is 4.79 Å². The predicted molar refractivity (Wildman–Crippen MR) is 89.4 cm³/mol. The summed E-state index contributed by atoms with van der Waals surface area (Å²) in [6.45, 7) is 4.04. The van der Waals surface area contributed by atoms with Crippen LogP contribution in [0.25, 0.3) is 0 Å². The van der Waals surface area contributed by atoms with Gasteiger partial charge in [0.05, 0.1) is 5.56 Å². The van der Waals surface area contributed by atoms with E-state index in [0.29, 0.717) is 0 Å². The van der Waals surface area contributed by atoms with Crippen LogP contribution >= 0.6 is 11.3 Å². The second-order valence-corrected chi connectivity index (χ2v) is 7.21. The molecule has 1 unspecified atom stereocenters. The Balaban J connectivity index is 1.73. The van der Waals surface area contributed by atoms with Crippen molar-refractivity contribution in [1.29, 1.82) is 0 Å². The summed E-state index contributed by atoms with van der Waals surface area (Å²) >= 11 is 1.74. The number of carbonyl (C=O) groups is 1. The fourth-order valence-corrected chi connectivity index (χ4v) is 4.66. The highest BCUT2D eigenvalue weighted by Gasteiger charge is 2.33. The minimum atomic E-state index is -0.140. The highest BCUT2D eigenvalue weighted by molar-refractivity contribution is 7.16. The van der Waals surface area contributed by atoms with Gasteiger partial charge in [0.2, 0.25) is 0 Å². The first-order valence-electron chi connectivity index (χ1n) is 7.59. The van der Waals surface area contributed by atoms with Crippen molar-refractivity contribution in [2.75, 3.05) is 18.9 Å². The lowest BCUT2D eigenvalue weighted by Crippen LogP contribution is -2.39. The number of fused-ring (bicyclic) bond motifs is 3. The van der Waals surface area contributed by atoms with Gasteiger partial charge in [-0.05, 0) is 37.1 Å². The fourth-order valence-electron chi connectivity index (χ4n) is 3.31. The van der Waals surface area contributed by atoms with Crippen LogP contribution in [0.15, 0.2) is 24.3 Å². The summed E-state index contributed by atoms with van der Waals surface area (Å²) in [5.74, 6) is 0.0593. The lowest BCUT2D eigenvalue weighted by molar-refractivity contribution is 0.0935. The summed E-state index contributed by atoms with van der Waals surface area (Å²) in [6.07, 6.45) is 0.820. The average Bonchev–Trinajstić information content (AvgIpc) is 2.85. The van der Waals surface area contributed by atoms with Crippen LogP contribution in [0, 0.1) is 6.92 Å². The molecule has 0 fully saturated rings. The second-order valence-electron chi connectivity index (χ2n) is 6.10. The van der Waals surface area contributed by atoms with Crippen LogP contribution in [0.5, 0.6) is 0 Å². The first kappa shape index (κ1) is 13.8. The van der Waals surface area contributed by atoms with Crippen LogP contribution in [0.4, 0.5) is 5.00 Å². The van der Waals surface area contributed by atoms with Gasteiger partial charge in [0.1, 0.15) is 11.2 Å². The third-order valence-corrected chi connectivity index (χ3v) is 5.67. The molecule has 0 aliphatic carbocycles. The van der Waals surface area contributed by atoms with Crippen molar-refractivity contribution in [3.63, 3.8) is 0 Å². The van der Waals surface area contributed by atoms with Gasteiger partial charge in [0.15, 0.2) is 0 Å². The Bertz CT molecular complexity index is 752. The Morgan fingerprint density at radius 2 is 2.09 bits per heavy atom. The Morgan fingerprint density at radius 3 is 2.91 bits per heavy atom. The zero-order valence-corrected chi connectivity index (χ0v) is 13.6. The maximum Gasteiger partial charge on any atom is 0.256 e. The molecule has 1 aromatic carbocycles. The number of anilines is 1. The number of hydrogen-bond acceptors (Lipinski definition) is 4. The Labute approximate surface area is 134 Å². The number of nitrogens with zero attached hydrogens (tertiary/aromatic N) is 1. The number of thiophene rings is 1. The molecule has 2 N–H and O–H groups in total. The molecule has 2 aliphatic heterocycles. The summed E-state index contributed by atoms with van der Waals surface area (Å²) in [4.78, 5) is 16.3. The molecule has 4 rings (SSSR count). The minimum absolute atomic E-state index is 0.0593. The minimum Gasteiger partial charge on any atom is -0.353 e. The highest BCUT2D eigenvalue weighted by Crippen LogP contribution is 2.40. The smallest absolute Gasteiger partial charge is 0.256 e. The molecule has 1 atom stereocenters. The van der Waals surface area contributed by atoms with Crippen LogP contribution in [-0.4, -0.2) is 24.4 Å². The van der Waals surface area contributed by atoms with Crippen LogP contribution in [0.3, 0.4) is 0 Å². The van der Waals surface area contributed by atoms with E-state index < -0.39 is 0 Å². The number of aryl methyl sites for hydroxylation is 1. The van der Waals surface area contributed by atoms with Gasteiger partial charge in [-0.15, -0.1) is 11.3 Å². The molecule has 0 bridgehead atoms. The topological polar surface area (TPSA) is 44.4 Å². The Kier molecular flexibility index (Phi) is 3.20. The summed E-state index contributed by atoms with van der Waals surface area (Å²) in [7, 11) is 2.13. The maximum absolute atomic E-state index is 12.6. The number of likely N-dealkylation sites (N-methyl/N-ethyl adjacent to an activating group) is 1. The molecular weight excluding hydrogens is 294 g/mol. The standard InChI is InChI=1S/C17H19N3OS/c1-10-5-3-4-6-11(10)15-18-16(21)14-12-7-8-20(2)9-13(12)22-17(14)19-15/h3-6,15,19H,7-9H2,1-2H3,(H,18,21). The molecule has 1 amide bonds. The third-order valence-electron chi connectivity index (χ3n) is 4.53. The Morgan fingerprint density at radius 1 is 1.27 bits per heavy atom. The van der Waals surface area contributed by atoms with Gasteiger partial charge in [-0.2, -0.15) is 0 Å². The molecule has 22 heavy (non-hydrogen) atoms. The van der Waals surface area contributed by atoms with E-state index in [9.17, 15) is 4.79 Å². The molecular formula is C17H19N3OS. The van der Waals surface area contributed by atoms with Gasteiger partial charge < -0.3 is 15.5 Å². The second kappa shape index (κ2) is 5.11. The summed E-state index contributed by atoms with van der Waals surface area (Å²) in [5.41, 5.74) is 4.43. The van der Waals surface area contributed by atoms with Crippen molar-refractivity contribution in [1.82, 2.24) is 10.2 Å². The quantitative estimate of drug-likeness (QED) is 0.851. The first-order chi connectivity index (χ1) is 10.6. The van der Waals surface area contributed by atoms with E-state index in [2.05, 4.69) is 41.6 Å². The molecule has 3 heterocycles. The van der Waals surface area contributed by atoms with Crippen LogP contribution in [-0.2, 0) is 13.0 Å². The molecule has 114 valence electrons. The van der Waals surface area contributed by atoms with Crippen molar-refractivity contribution in [2.24, 2.45) is 0 Å². The number of rotatable bonds is 1. The van der Waals surface area contributed by atoms with Gasteiger partial charge >= 0.3 is 0 Å². The van der Waals surface area contributed by atoms with Gasteiger partial charge in [0.25, 0.3) is 5.91 Å². The molecule has 2 aromatic rings. The summed E-state index contributed by atoms with van der Waals surface area (Å²) in [6, 6.07) is 8.18. The first-order valence-corrected chi connectivity index (χ1v) is 8.41. The number of hydrogen-bond donors (Lipinski definition) is 2. The summed E-state index contributed by atoms with van der Waals surface area (Å²) < 4.78 is 0. The lowest BCUT2D eigenvalue weighted by Gasteiger charge is -2.28. The average molecular weight is 313 g/mol. The van der Waals surface area contributed by atoms with Crippen molar-refractivity contribution in [3.8, 4) is 0 Å². The van der Waals surface area contributed by atoms with Crippen molar-refractivity contribution in [3.05, 3.63) is 51.4 Å². The van der Waals surface area contributed by atoms with E-state index in [-0.39, 0.29) is 12.1 Å². The van der Waals surface area contributed by atoms with E-state index in [4.69, 9.17) is 0 Å². The molecule has 2 aliphatic rings. The molecule has 1 aromatic heterocycles. The molecule has 0 saturated heterocycles. The molecule has 0 saturated carbocycles. The van der Waals surface area contributed by atoms with Gasteiger partial charge in [-0.25, -0.2) is 0 Å². The fraction of sp³-hybridized carbons (Fsp3) is 0.353. The van der Waals surface area contributed by atoms with Crippen molar-refractivity contribution < 1.29 is 4.79 Å². The number of benzene rings is 1. The number of amides is 1. The number of nitrogens with one attached hydrogen (secondary N) is 2. The van der Waals surface area contributed by atoms with Gasteiger partial charge in [0, 0.05) is 18.0 Å². The largest absolute Gasteiger partial charge is 0.353 e. The normalized spacial score (nSPS) is 20.8. The highest BCUT2D eigenvalue weighted by atomic mass is 32.1. The van der Waals surface area contributed by atoms with Crippen molar-refractivity contribution in [2.45, 2.75) is 26.1 Å². The van der Waals surface area contributed by atoms with E-state index in [0.717, 1.165) is 35.6 Å². The molecule has 0 spiro atoms. The number of carbonyl (C=O) groups excluding carboxylic acids is 1. The van der Waals surface area contributed by atoms with E-state index in [1.54, 1.807) is 11.3 Å². The zero-order chi connectivity index (χ0) is 15.3. The molecule has 5 heteroatoms. The molecule has 0 radical (unpaired) electrons. The summed E-state index contributed by atoms with van der Waals surface area (Å²) in [5, 5.41) is 7.67. The van der Waals surface area contributed by atoms with E-state index in [1.165, 1.54) is 16.0 Å². The predicted octanol–water partition coefficient (Wildman–Crippen LogP) is 2.90. The van der Waals surface area contributed by atoms with Crippen LogP contribution < -0.4 is 10.6 Å². The zero-order valence-electron chi connectivity index (χ0n) is 12.8. The monoisotopic (exact) mass is 313 g/mol. The Hall–Kier alpha value is -1.85. The molecule has 4 nitrogen and oxygen atoms in total. The van der Waals surface area contributed by atoms with Crippen molar-refractivity contribution >= 4 is 22.2 Å². The SMILES string of the molecule is Cc1ccccc1C1NC(=O)c2c(sc3c2CCN(C)C3)N1. The van der Waals surface area contributed by atoms with E-state index in [1.807, 2.05) is 12.1 Å². The van der Waals surface area contributed by atoms with Crippen LogP contribution in [0.1, 0.15) is 38.1 Å². The van der Waals surface area contributed by atoms with Crippen LogP contribution in [0.2, 0.25) is 0 Å². The van der Waals surface area contributed by atoms with Gasteiger partial charge in [-0.1, -0.05) is 24.3 Å².